The lowest BCUT2D eigenvalue weighted by Crippen LogP contribution is -1.99. The first-order valence-electron chi connectivity index (χ1n) is 1.98. The molecule has 0 unspecified atom stereocenters. The molecule has 4 heteroatoms. The van der Waals surface area contributed by atoms with Crippen molar-refractivity contribution in [2.75, 3.05) is 6.61 Å². The quantitative estimate of drug-likeness (QED) is 0.405. The number of hydrogen-bond acceptors (Lipinski definition) is 2. The van der Waals surface area contributed by atoms with Crippen LogP contribution in [0.25, 0.3) is 0 Å². The second-order valence-electron chi connectivity index (χ2n) is 0.975. The largest absolute Gasteiger partial charge is 0.390 e. The Balaban J connectivity index is 2.93. The third kappa shape index (κ3) is 5.33. The van der Waals surface area contributed by atoms with Crippen molar-refractivity contribution >= 4 is 6.21 Å². The van der Waals surface area contributed by atoms with Gasteiger partial charge in [-0.05, 0) is 6.92 Å². The molecule has 0 aromatic rings. The zero-order chi connectivity index (χ0) is 6.41. The average Bonchev–Trinajstić information content (AvgIpc) is 1.66. The molecule has 0 rings (SSSR count). The van der Waals surface area contributed by atoms with Gasteiger partial charge in [0.25, 0.3) is 6.43 Å². The third-order valence-corrected chi connectivity index (χ3v) is 0.350. The van der Waals surface area contributed by atoms with E-state index in [1.54, 1.807) is 0 Å². The molecule has 0 atom stereocenters. The molecule has 0 fully saturated rings. The summed E-state index contributed by atoms with van der Waals surface area (Å²) in [6, 6.07) is 0. The summed E-state index contributed by atoms with van der Waals surface area (Å²) in [5.74, 6) is 0. The van der Waals surface area contributed by atoms with Gasteiger partial charge in [-0.2, -0.15) is 0 Å². The predicted octanol–water partition coefficient (Wildman–Crippen LogP) is 1.09. The van der Waals surface area contributed by atoms with Crippen molar-refractivity contribution < 1.29 is 13.6 Å². The maximum atomic E-state index is 11.1. The van der Waals surface area contributed by atoms with E-state index in [1.165, 1.54) is 0 Å². The van der Waals surface area contributed by atoms with Crippen molar-refractivity contribution in [2.24, 2.45) is 5.16 Å². The van der Waals surface area contributed by atoms with Crippen LogP contribution in [0.5, 0.6) is 0 Å². The summed E-state index contributed by atoms with van der Waals surface area (Å²) in [4.78, 5) is 4.00. The number of oxime groups is 1. The summed E-state index contributed by atoms with van der Waals surface area (Å²) in [7, 11) is 0. The van der Waals surface area contributed by atoms with Gasteiger partial charge in [0.15, 0.2) is 6.61 Å². The first kappa shape index (κ1) is 7.33. The standard InChI is InChI=1S/C4H6F2NO/c1-2-7-8-3-4(5)6/h2,4H,1,3H2/b7-2+. The maximum Gasteiger partial charge on any atom is 0.274 e. The highest BCUT2D eigenvalue weighted by atomic mass is 19.3. The van der Waals surface area contributed by atoms with Crippen LogP contribution in [0.15, 0.2) is 5.16 Å². The molecular formula is C4H6F2NO. The second-order valence-corrected chi connectivity index (χ2v) is 0.975. The monoisotopic (exact) mass is 122 g/mol. The Morgan fingerprint density at radius 1 is 1.75 bits per heavy atom. The molecule has 0 amide bonds. The highest BCUT2D eigenvalue weighted by Gasteiger charge is 1.99. The number of alkyl halides is 2. The van der Waals surface area contributed by atoms with Crippen LogP contribution in [0.3, 0.4) is 0 Å². The van der Waals surface area contributed by atoms with Crippen LogP contribution >= 0.6 is 0 Å². The zero-order valence-electron chi connectivity index (χ0n) is 4.18. The van der Waals surface area contributed by atoms with E-state index in [2.05, 4.69) is 16.9 Å². The smallest absolute Gasteiger partial charge is 0.274 e. The number of halogens is 2. The Bertz CT molecular complexity index is 74.4. The fourth-order valence-electron chi connectivity index (χ4n) is 0.152. The minimum atomic E-state index is -2.46. The third-order valence-electron chi connectivity index (χ3n) is 0.350. The van der Waals surface area contributed by atoms with Gasteiger partial charge in [-0.25, -0.2) is 8.78 Å². The van der Waals surface area contributed by atoms with Crippen molar-refractivity contribution in [3.63, 3.8) is 0 Å². The lowest BCUT2D eigenvalue weighted by atomic mass is 10.8. The Morgan fingerprint density at radius 2 is 2.38 bits per heavy atom. The minimum Gasteiger partial charge on any atom is -0.390 e. The lowest BCUT2D eigenvalue weighted by molar-refractivity contribution is 0.0209. The molecule has 0 aliphatic rings. The van der Waals surface area contributed by atoms with E-state index in [4.69, 9.17) is 0 Å². The van der Waals surface area contributed by atoms with Gasteiger partial charge in [0, 0.05) is 6.21 Å². The van der Waals surface area contributed by atoms with Gasteiger partial charge in [0.05, 0.1) is 0 Å². The van der Waals surface area contributed by atoms with Crippen molar-refractivity contribution in [1.82, 2.24) is 0 Å². The van der Waals surface area contributed by atoms with Gasteiger partial charge < -0.3 is 4.84 Å². The summed E-state index contributed by atoms with van der Waals surface area (Å²) in [6.07, 6.45) is -1.40. The van der Waals surface area contributed by atoms with E-state index in [1.807, 2.05) is 0 Å². The normalized spacial score (nSPS) is 11.0. The van der Waals surface area contributed by atoms with Gasteiger partial charge in [0.2, 0.25) is 0 Å². The van der Waals surface area contributed by atoms with Crippen LogP contribution in [-0.2, 0) is 4.84 Å². The summed E-state index contributed by atoms with van der Waals surface area (Å²) in [6.45, 7) is 2.46. The number of rotatable bonds is 3. The predicted molar refractivity (Wildman–Crippen MR) is 25.8 cm³/mol. The molecule has 8 heavy (non-hydrogen) atoms. The van der Waals surface area contributed by atoms with Gasteiger partial charge in [-0.3, -0.25) is 0 Å². The Morgan fingerprint density at radius 3 is 2.75 bits per heavy atom. The fourth-order valence-corrected chi connectivity index (χ4v) is 0.152. The first-order chi connectivity index (χ1) is 3.77. The molecular weight excluding hydrogens is 116 g/mol. The second kappa shape index (κ2) is 4.49. The van der Waals surface area contributed by atoms with Gasteiger partial charge in [-0.1, -0.05) is 5.16 Å². The van der Waals surface area contributed by atoms with E-state index in [9.17, 15) is 8.78 Å². The zero-order valence-corrected chi connectivity index (χ0v) is 4.18. The van der Waals surface area contributed by atoms with Crippen LogP contribution in [0.4, 0.5) is 8.78 Å². The van der Waals surface area contributed by atoms with Crippen molar-refractivity contribution in [3.8, 4) is 0 Å². The summed E-state index contributed by atoms with van der Waals surface area (Å²) >= 11 is 0. The SMILES string of the molecule is [CH2]/C=N/OCC(F)F. The van der Waals surface area contributed by atoms with Crippen LogP contribution in [0.1, 0.15) is 0 Å². The number of nitrogens with zero attached hydrogens (tertiary/aromatic N) is 1. The molecule has 0 spiro atoms. The Kier molecular flexibility index (Phi) is 4.11. The van der Waals surface area contributed by atoms with E-state index in [-0.39, 0.29) is 0 Å². The van der Waals surface area contributed by atoms with Gasteiger partial charge in [-0.15, -0.1) is 0 Å². The van der Waals surface area contributed by atoms with Crippen molar-refractivity contribution in [3.05, 3.63) is 6.92 Å². The van der Waals surface area contributed by atoms with E-state index in [0.717, 1.165) is 6.21 Å². The van der Waals surface area contributed by atoms with Crippen LogP contribution in [-0.4, -0.2) is 19.2 Å². The van der Waals surface area contributed by atoms with Crippen LogP contribution in [0, 0.1) is 6.92 Å². The molecule has 0 aliphatic carbocycles. The molecule has 0 bridgehead atoms. The first-order valence-corrected chi connectivity index (χ1v) is 1.98. The molecule has 0 saturated carbocycles. The van der Waals surface area contributed by atoms with Crippen LogP contribution < -0.4 is 0 Å². The molecule has 0 N–H and O–H groups in total. The van der Waals surface area contributed by atoms with Crippen molar-refractivity contribution in [1.29, 1.82) is 0 Å². The van der Waals surface area contributed by atoms with E-state index >= 15 is 0 Å². The molecule has 0 aliphatic heterocycles. The number of hydrogen-bond donors (Lipinski definition) is 0. The highest BCUT2D eigenvalue weighted by Crippen LogP contribution is 1.91. The average molecular weight is 122 g/mol. The Hall–Kier alpha value is -0.670. The summed E-state index contributed by atoms with van der Waals surface area (Å²) in [5.41, 5.74) is 0. The topological polar surface area (TPSA) is 21.6 Å². The summed E-state index contributed by atoms with van der Waals surface area (Å²) < 4.78 is 22.3. The molecule has 0 aromatic heterocycles. The van der Waals surface area contributed by atoms with Crippen molar-refractivity contribution in [2.45, 2.75) is 6.43 Å². The molecule has 47 valence electrons. The molecule has 0 heterocycles. The lowest BCUT2D eigenvalue weighted by Gasteiger charge is -1.93. The van der Waals surface area contributed by atoms with E-state index < -0.39 is 13.0 Å². The fraction of sp³-hybridized carbons (Fsp3) is 0.500. The highest BCUT2D eigenvalue weighted by molar-refractivity contribution is 5.60. The van der Waals surface area contributed by atoms with Gasteiger partial charge in [0.1, 0.15) is 0 Å². The molecule has 0 aromatic carbocycles. The summed E-state index contributed by atoms with van der Waals surface area (Å²) in [5, 5.41) is 3.00. The molecule has 1 radical (unpaired) electrons. The maximum absolute atomic E-state index is 11.1. The van der Waals surface area contributed by atoms with Gasteiger partial charge >= 0.3 is 0 Å². The Labute approximate surface area is 46.1 Å². The molecule has 0 saturated heterocycles. The molecule has 2 nitrogen and oxygen atoms in total. The van der Waals surface area contributed by atoms with E-state index in [0.29, 0.717) is 0 Å². The van der Waals surface area contributed by atoms with Crippen LogP contribution in [0.2, 0.25) is 0 Å². The minimum absolute atomic E-state index is 0.661.